The Labute approximate surface area is 173 Å². The number of carbonyl (C=O) groups excluding carboxylic acids is 1. The van der Waals surface area contributed by atoms with Crippen molar-refractivity contribution in [2.75, 3.05) is 11.9 Å². The number of ether oxygens (including phenoxy) is 1. The molecular formula is C23H20ClN3O2. The van der Waals surface area contributed by atoms with Gasteiger partial charge in [-0.3, -0.25) is 4.79 Å². The van der Waals surface area contributed by atoms with Gasteiger partial charge in [0.15, 0.2) is 6.61 Å². The number of hydrogen-bond donors (Lipinski definition) is 2. The highest BCUT2D eigenvalue weighted by Crippen LogP contribution is 2.24. The number of anilines is 1. The van der Waals surface area contributed by atoms with Crippen molar-refractivity contribution < 1.29 is 9.53 Å². The van der Waals surface area contributed by atoms with Crippen molar-refractivity contribution in [2.45, 2.75) is 13.8 Å². The van der Waals surface area contributed by atoms with E-state index in [9.17, 15) is 4.79 Å². The van der Waals surface area contributed by atoms with Crippen LogP contribution in [0.1, 0.15) is 11.1 Å². The molecule has 3 aromatic carbocycles. The maximum atomic E-state index is 12.3. The second-order valence-electron chi connectivity index (χ2n) is 6.93. The van der Waals surface area contributed by atoms with Crippen molar-refractivity contribution in [1.29, 1.82) is 0 Å². The molecule has 1 aromatic heterocycles. The van der Waals surface area contributed by atoms with E-state index in [1.54, 1.807) is 18.2 Å². The first kappa shape index (κ1) is 19.0. The SMILES string of the molecule is Cc1ccc2nc(-c3cccc(NC(=O)COc4ccc(Cl)cc4C)c3)[nH]c2c1. The van der Waals surface area contributed by atoms with Gasteiger partial charge in [-0.1, -0.05) is 29.8 Å². The topological polar surface area (TPSA) is 67.0 Å². The molecule has 2 N–H and O–H groups in total. The van der Waals surface area contributed by atoms with Crippen LogP contribution >= 0.6 is 11.6 Å². The first-order valence-electron chi connectivity index (χ1n) is 9.23. The summed E-state index contributed by atoms with van der Waals surface area (Å²) < 4.78 is 5.60. The molecule has 0 saturated heterocycles. The number of amides is 1. The Bertz CT molecular complexity index is 1200. The molecule has 0 saturated carbocycles. The minimum absolute atomic E-state index is 0.0867. The minimum Gasteiger partial charge on any atom is -0.483 e. The number of aromatic amines is 1. The van der Waals surface area contributed by atoms with Gasteiger partial charge in [-0.05, 0) is 67.4 Å². The lowest BCUT2D eigenvalue weighted by Crippen LogP contribution is -2.20. The Morgan fingerprint density at radius 1 is 1.10 bits per heavy atom. The molecule has 4 aromatic rings. The highest BCUT2D eigenvalue weighted by atomic mass is 35.5. The van der Waals surface area contributed by atoms with Gasteiger partial charge in [0.25, 0.3) is 5.91 Å². The van der Waals surface area contributed by atoms with Crippen LogP contribution in [-0.2, 0) is 4.79 Å². The fourth-order valence-electron chi connectivity index (χ4n) is 3.12. The van der Waals surface area contributed by atoms with Crippen molar-refractivity contribution in [3.05, 3.63) is 76.8 Å². The molecule has 1 heterocycles. The van der Waals surface area contributed by atoms with Gasteiger partial charge in [-0.25, -0.2) is 4.98 Å². The number of fused-ring (bicyclic) bond motifs is 1. The molecule has 1 amide bonds. The monoisotopic (exact) mass is 405 g/mol. The molecule has 0 unspecified atom stereocenters. The third-order valence-electron chi connectivity index (χ3n) is 4.55. The average molecular weight is 406 g/mol. The quantitative estimate of drug-likeness (QED) is 0.459. The fourth-order valence-corrected chi connectivity index (χ4v) is 3.35. The van der Waals surface area contributed by atoms with Crippen LogP contribution in [0.5, 0.6) is 5.75 Å². The normalized spacial score (nSPS) is 10.9. The maximum Gasteiger partial charge on any atom is 0.262 e. The van der Waals surface area contributed by atoms with Gasteiger partial charge in [0.1, 0.15) is 11.6 Å². The largest absolute Gasteiger partial charge is 0.483 e. The molecule has 0 fully saturated rings. The number of imidazole rings is 1. The van der Waals surface area contributed by atoms with Crippen LogP contribution in [0, 0.1) is 13.8 Å². The molecule has 0 spiro atoms. The van der Waals surface area contributed by atoms with E-state index in [2.05, 4.69) is 21.4 Å². The molecule has 5 nitrogen and oxygen atoms in total. The molecule has 29 heavy (non-hydrogen) atoms. The van der Waals surface area contributed by atoms with E-state index >= 15 is 0 Å². The predicted molar refractivity (Wildman–Crippen MR) is 117 cm³/mol. The summed E-state index contributed by atoms with van der Waals surface area (Å²) in [5.74, 6) is 1.15. The van der Waals surface area contributed by atoms with Crippen LogP contribution < -0.4 is 10.1 Å². The van der Waals surface area contributed by atoms with Crippen molar-refractivity contribution in [3.8, 4) is 17.1 Å². The molecule has 0 aliphatic rings. The van der Waals surface area contributed by atoms with E-state index < -0.39 is 0 Å². The van der Waals surface area contributed by atoms with E-state index in [0.717, 1.165) is 28.0 Å². The Morgan fingerprint density at radius 2 is 1.97 bits per heavy atom. The first-order valence-corrected chi connectivity index (χ1v) is 9.61. The number of carbonyl (C=O) groups is 1. The molecule has 0 radical (unpaired) electrons. The zero-order valence-electron chi connectivity index (χ0n) is 16.1. The van der Waals surface area contributed by atoms with E-state index in [-0.39, 0.29) is 12.5 Å². The summed E-state index contributed by atoms with van der Waals surface area (Å²) in [7, 11) is 0. The zero-order valence-corrected chi connectivity index (χ0v) is 16.9. The lowest BCUT2D eigenvalue weighted by atomic mass is 10.2. The van der Waals surface area contributed by atoms with E-state index in [4.69, 9.17) is 16.3 Å². The Balaban J connectivity index is 1.46. The van der Waals surface area contributed by atoms with Gasteiger partial charge < -0.3 is 15.0 Å². The zero-order chi connectivity index (χ0) is 20.4. The molecule has 4 rings (SSSR count). The minimum atomic E-state index is -0.239. The second kappa shape index (κ2) is 7.97. The summed E-state index contributed by atoms with van der Waals surface area (Å²) >= 11 is 5.94. The molecule has 0 aliphatic carbocycles. The van der Waals surface area contributed by atoms with Gasteiger partial charge in [0.2, 0.25) is 0 Å². The number of halogens is 1. The van der Waals surface area contributed by atoms with Crippen LogP contribution in [-0.4, -0.2) is 22.5 Å². The number of rotatable bonds is 5. The van der Waals surface area contributed by atoms with E-state index in [1.807, 2.05) is 50.2 Å². The number of benzene rings is 3. The predicted octanol–water partition coefficient (Wildman–Crippen LogP) is 5.52. The van der Waals surface area contributed by atoms with E-state index in [0.29, 0.717) is 16.5 Å². The van der Waals surface area contributed by atoms with E-state index in [1.165, 1.54) is 5.56 Å². The van der Waals surface area contributed by atoms with Gasteiger partial charge >= 0.3 is 0 Å². The average Bonchev–Trinajstić information content (AvgIpc) is 3.11. The van der Waals surface area contributed by atoms with Crippen LogP contribution in [0.15, 0.2) is 60.7 Å². The molecular weight excluding hydrogens is 386 g/mol. The van der Waals surface area contributed by atoms with Crippen molar-refractivity contribution >= 4 is 34.2 Å². The number of H-pyrrole nitrogens is 1. The molecule has 146 valence electrons. The maximum absolute atomic E-state index is 12.3. The standard InChI is InChI=1S/C23H20ClN3O2/c1-14-6-8-19-20(10-14)27-23(26-19)16-4-3-5-18(12-16)25-22(28)13-29-21-9-7-17(24)11-15(21)2/h3-12H,13H2,1-2H3,(H,25,28)(H,26,27). The smallest absolute Gasteiger partial charge is 0.262 e. The Kier molecular flexibility index (Phi) is 5.23. The number of nitrogens with zero attached hydrogens (tertiary/aromatic N) is 1. The van der Waals surface area contributed by atoms with Crippen LogP contribution in [0.4, 0.5) is 5.69 Å². The van der Waals surface area contributed by atoms with Gasteiger partial charge in [0.05, 0.1) is 11.0 Å². The van der Waals surface area contributed by atoms with Gasteiger partial charge in [-0.15, -0.1) is 0 Å². The number of aromatic nitrogens is 2. The molecule has 0 atom stereocenters. The fraction of sp³-hybridized carbons (Fsp3) is 0.130. The summed E-state index contributed by atoms with van der Waals surface area (Å²) in [6.07, 6.45) is 0. The number of nitrogens with one attached hydrogen (secondary N) is 2. The van der Waals surface area contributed by atoms with Gasteiger partial charge in [-0.2, -0.15) is 0 Å². The summed E-state index contributed by atoms with van der Waals surface area (Å²) in [5, 5.41) is 3.50. The molecule has 0 aliphatic heterocycles. The van der Waals surface area contributed by atoms with Crippen LogP contribution in [0.2, 0.25) is 5.02 Å². The second-order valence-corrected chi connectivity index (χ2v) is 7.37. The molecule has 0 bridgehead atoms. The highest BCUT2D eigenvalue weighted by Gasteiger charge is 2.09. The first-order chi connectivity index (χ1) is 14.0. The Hall–Kier alpha value is -3.31. The third kappa shape index (κ3) is 4.41. The third-order valence-corrected chi connectivity index (χ3v) is 4.79. The lowest BCUT2D eigenvalue weighted by Gasteiger charge is -2.10. The van der Waals surface area contributed by atoms with Crippen molar-refractivity contribution in [2.24, 2.45) is 0 Å². The van der Waals surface area contributed by atoms with Crippen LogP contribution in [0.25, 0.3) is 22.4 Å². The summed E-state index contributed by atoms with van der Waals surface area (Å²) in [4.78, 5) is 20.3. The Morgan fingerprint density at radius 3 is 2.79 bits per heavy atom. The number of hydrogen-bond acceptors (Lipinski definition) is 3. The summed E-state index contributed by atoms with van der Waals surface area (Å²) in [6, 6.07) is 18.9. The van der Waals surface area contributed by atoms with Crippen LogP contribution in [0.3, 0.4) is 0 Å². The number of aryl methyl sites for hydroxylation is 2. The van der Waals surface area contributed by atoms with Crippen molar-refractivity contribution in [1.82, 2.24) is 9.97 Å². The lowest BCUT2D eigenvalue weighted by molar-refractivity contribution is -0.118. The summed E-state index contributed by atoms with van der Waals surface area (Å²) in [6.45, 7) is 3.84. The van der Waals surface area contributed by atoms with Gasteiger partial charge in [0, 0.05) is 16.3 Å². The molecule has 6 heteroatoms. The highest BCUT2D eigenvalue weighted by molar-refractivity contribution is 6.30. The summed E-state index contributed by atoms with van der Waals surface area (Å²) in [5.41, 5.74) is 5.52. The van der Waals surface area contributed by atoms with Crippen molar-refractivity contribution in [3.63, 3.8) is 0 Å².